The Hall–Kier alpha value is -2.49. The molecule has 2 amide bonds. The Morgan fingerprint density at radius 1 is 1.04 bits per heavy atom. The van der Waals surface area contributed by atoms with Crippen LogP contribution in [0.2, 0.25) is 0 Å². The fourth-order valence-electron chi connectivity index (χ4n) is 2.14. The number of amides is 2. The van der Waals surface area contributed by atoms with Gasteiger partial charge in [0.1, 0.15) is 5.75 Å². The first-order valence-corrected chi connectivity index (χ1v) is 7.75. The van der Waals surface area contributed by atoms with Crippen molar-refractivity contribution in [3.8, 4) is 16.9 Å². The van der Waals surface area contributed by atoms with Crippen molar-refractivity contribution in [3.63, 3.8) is 0 Å². The molecule has 0 bridgehead atoms. The van der Waals surface area contributed by atoms with Crippen LogP contribution in [0.3, 0.4) is 0 Å². The molecule has 0 aliphatic rings. The number of rotatable bonds is 5. The van der Waals surface area contributed by atoms with E-state index in [-0.39, 0.29) is 12.1 Å². The van der Waals surface area contributed by atoms with Crippen LogP contribution in [0.1, 0.15) is 19.4 Å². The molecule has 4 nitrogen and oxygen atoms in total. The summed E-state index contributed by atoms with van der Waals surface area (Å²) >= 11 is 0. The molecular formula is C19H24N2O2. The van der Waals surface area contributed by atoms with Crippen molar-refractivity contribution in [2.75, 3.05) is 14.2 Å². The van der Waals surface area contributed by atoms with Crippen LogP contribution in [0, 0.1) is 0 Å². The van der Waals surface area contributed by atoms with Crippen molar-refractivity contribution < 1.29 is 9.53 Å². The van der Waals surface area contributed by atoms with Crippen molar-refractivity contribution in [2.45, 2.75) is 26.4 Å². The van der Waals surface area contributed by atoms with Crippen LogP contribution < -0.4 is 10.1 Å². The van der Waals surface area contributed by atoms with Crippen molar-refractivity contribution in [3.05, 3.63) is 54.1 Å². The van der Waals surface area contributed by atoms with Gasteiger partial charge in [0.2, 0.25) is 0 Å². The van der Waals surface area contributed by atoms with E-state index in [1.807, 2.05) is 50.2 Å². The van der Waals surface area contributed by atoms with E-state index in [0.717, 1.165) is 22.4 Å². The average Bonchev–Trinajstić information content (AvgIpc) is 2.59. The van der Waals surface area contributed by atoms with Crippen LogP contribution in [0.5, 0.6) is 5.75 Å². The minimum atomic E-state index is -0.0563. The number of urea groups is 1. The van der Waals surface area contributed by atoms with Gasteiger partial charge in [0.15, 0.2) is 0 Å². The summed E-state index contributed by atoms with van der Waals surface area (Å²) in [5.41, 5.74) is 3.36. The zero-order chi connectivity index (χ0) is 16.8. The van der Waals surface area contributed by atoms with Crippen LogP contribution in [0.25, 0.3) is 11.1 Å². The van der Waals surface area contributed by atoms with Gasteiger partial charge in [-0.1, -0.05) is 36.4 Å². The Kier molecular flexibility index (Phi) is 5.63. The summed E-state index contributed by atoms with van der Waals surface area (Å²) < 4.78 is 5.17. The van der Waals surface area contributed by atoms with Crippen molar-refractivity contribution in [1.29, 1.82) is 0 Å². The van der Waals surface area contributed by atoms with E-state index in [0.29, 0.717) is 6.54 Å². The minimum Gasteiger partial charge on any atom is -0.497 e. The first kappa shape index (κ1) is 16.9. The van der Waals surface area contributed by atoms with Gasteiger partial charge < -0.3 is 15.0 Å². The molecule has 0 saturated carbocycles. The minimum absolute atomic E-state index is 0.0563. The number of ether oxygens (including phenoxy) is 1. The van der Waals surface area contributed by atoms with Crippen molar-refractivity contribution in [2.24, 2.45) is 0 Å². The maximum Gasteiger partial charge on any atom is 0.317 e. The summed E-state index contributed by atoms with van der Waals surface area (Å²) in [6.07, 6.45) is 0. The number of hydrogen-bond acceptors (Lipinski definition) is 2. The van der Waals surface area contributed by atoms with Gasteiger partial charge >= 0.3 is 6.03 Å². The molecule has 0 aliphatic carbocycles. The van der Waals surface area contributed by atoms with Crippen LogP contribution in [0.4, 0.5) is 4.79 Å². The molecule has 0 aliphatic heterocycles. The quantitative estimate of drug-likeness (QED) is 0.909. The number of carbonyl (C=O) groups is 1. The summed E-state index contributed by atoms with van der Waals surface area (Å²) in [5.74, 6) is 0.849. The standard InChI is InChI=1S/C19H24N2O2/c1-14(2)21(3)19(22)20-13-15-5-7-16(8-6-15)17-9-11-18(23-4)12-10-17/h5-12,14H,13H2,1-4H3,(H,20,22). The summed E-state index contributed by atoms with van der Waals surface area (Å²) in [7, 11) is 3.46. The van der Waals surface area contributed by atoms with Gasteiger partial charge in [0.25, 0.3) is 0 Å². The highest BCUT2D eigenvalue weighted by atomic mass is 16.5. The molecule has 4 heteroatoms. The second kappa shape index (κ2) is 7.68. The monoisotopic (exact) mass is 312 g/mol. The van der Waals surface area contributed by atoms with E-state index in [4.69, 9.17) is 4.74 Å². The van der Waals surface area contributed by atoms with E-state index in [1.54, 1.807) is 19.1 Å². The fourth-order valence-corrected chi connectivity index (χ4v) is 2.14. The molecule has 1 N–H and O–H groups in total. The number of methoxy groups -OCH3 is 1. The molecular weight excluding hydrogens is 288 g/mol. The highest BCUT2D eigenvalue weighted by molar-refractivity contribution is 5.74. The van der Waals surface area contributed by atoms with Crippen LogP contribution in [-0.2, 0) is 6.54 Å². The van der Waals surface area contributed by atoms with Crippen molar-refractivity contribution >= 4 is 6.03 Å². The normalized spacial score (nSPS) is 10.5. The van der Waals surface area contributed by atoms with Gasteiger partial charge in [0, 0.05) is 19.6 Å². The van der Waals surface area contributed by atoms with E-state index in [2.05, 4.69) is 17.4 Å². The molecule has 2 aromatic rings. The molecule has 0 aromatic heterocycles. The third kappa shape index (κ3) is 4.49. The Labute approximate surface area is 138 Å². The molecule has 0 saturated heterocycles. The molecule has 0 fully saturated rings. The summed E-state index contributed by atoms with van der Waals surface area (Å²) in [5, 5.41) is 2.92. The number of carbonyl (C=O) groups excluding carboxylic acids is 1. The molecule has 23 heavy (non-hydrogen) atoms. The van der Waals surface area contributed by atoms with Gasteiger partial charge in [-0.15, -0.1) is 0 Å². The second-order valence-electron chi connectivity index (χ2n) is 5.79. The predicted octanol–water partition coefficient (Wildman–Crippen LogP) is 3.91. The summed E-state index contributed by atoms with van der Waals surface area (Å²) in [4.78, 5) is 13.6. The lowest BCUT2D eigenvalue weighted by atomic mass is 10.0. The Morgan fingerprint density at radius 3 is 2.04 bits per heavy atom. The zero-order valence-electron chi connectivity index (χ0n) is 14.2. The van der Waals surface area contributed by atoms with E-state index in [9.17, 15) is 4.79 Å². The van der Waals surface area contributed by atoms with Gasteiger partial charge in [-0.3, -0.25) is 0 Å². The largest absolute Gasteiger partial charge is 0.497 e. The van der Waals surface area contributed by atoms with Crippen LogP contribution in [0.15, 0.2) is 48.5 Å². The first-order valence-electron chi connectivity index (χ1n) is 7.75. The predicted molar refractivity (Wildman–Crippen MR) is 93.6 cm³/mol. The van der Waals surface area contributed by atoms with Gasteiger partial charge in [-0.2, -0.15) is 0 Å². The maximum atomic E-state index is 11.9. The SMILES string of the molecule is COc1ccc(-c2ccc(CNC(=O)N(C)C(C)C)cc2)cc1. The van der Waals surface area contributed by atoms with Crippen LogP contribution in [-0.4, -0.2) is 31.1 Å². The third-order valence-corrected chi connectivity index (χ3v) is 3.92. The summed E-state index contributed by atoms with van der Waals surface area (Å²) in [6.45, 7) is 4.51. The van der Waals surface area contributed by atoms with Gasteiger partial charge in [-0.05, 0) is 42.7 Å². The lowest BCUT2D eigenvalue weighted by Crippen LogP contribution is -2.40. The zero-order valence-corrected chi connectivity index (χ0v) is 14.2. The first-order chi connectivity index (χ1) is 11.0. The average molecular weight is 312 g/mol. The smallest absolute Gasteiger partial charge is 0.317 e. The van der Waals surface area contributed by atoms with Crippen LogP contribution >= 0.6 is 0 Å². The molecule has 0 radical (unpaired) electrons. The number of nitrogens with zero attached hydrogens (tertiary/aromatic N) is 1. The Bertz CT molecular complexity index is 633. The number of hydrogen-bond donors (Lipinski definition) is 1. The van der Waals surface area contributed by atoms with Crippen molar-refractivity contribution in [1.82, 2.24) is 10.2 Å². The Morgan fingerprint density at radius 2 is 1.57 bits per heavy atom. The highest BCUT2D eigenvalue weighted by Crippen LogP contribution is 2.22. The molecule has 2 aromatic carbocycles. The summed E-state index contributed by atoms with van der Waals surface area (Å²) in [6, 6.07) is 16.3. The molecule has 2 rings (SSSR count). The second-order valence-corrected chi connectivity index (χ2v) is 5.79. The topological polar surface area (TPSA) is 41.6 Å². The highest BCUT2D eigenvalue weighted by Gasteiger charge is 2.10. The van der Waals surface area contributed by atoms with Gasteiger partial charge in [0.05, 0.1) is 7.11 Å². The molecule has 0 unspecified atom stereocenters. The third-order valence-electron chi connectivity index (χ3n) is 3.92. The lowest BCUT2D eigenvalue weighted by Gasteiger charge is -2.21. The Balaban J connectivity index is 1.97. The molecule has 122 valence electrons. The lowest BCUT2D eigenvalue weighted by molar-refractivity contribution is 0.197. The van der Waals surface area contributed by atoms with Gasteiger partial charge in [-0.25, -0.2) is 4.79 Å². The number of nitrogens with one attached hydrogen (secondary N) is 1. The van der Waals surface area contributed by atoms with E-state index >= 15 is 0 Å². The van der Waals surface area contributed by atoms with E-state index in [1.165, 1.54) is 0 Å². The van der Waals surface area contributed by atoms with E-state index < -0.39 is 0 Å². The molecule has 0 atom stereocenters. The fraction of sp³-hybridized carbons (Fsp3) is 0.316. The maximum absolute atomic E-state index is 11.9. The molecule has 0 heterocycles. The molecule has 0 spiro atoms. The number of benzene rings is 2.